The van der Waals surface area contributed by atoms with Gasteiger partial charge in [-0.1, -0.05) is 57.9 Å². The molecule has 0 saturated carbocycles. The Hall–Kier alpha value is -1.16. The van der Waals surface area contributed by atoms with Crippen LogP contribution in [0.15, 0.2) is 35.0 Å². The fourth-order valence-electron chi connectivity index (χ4n) is 2.70. The van der Waals surface area contributed by atoms with Crippen molar-refractivity contribution in [1.82, 2.24) is 4.98 Å². The standard InChI is InChI=1S/C21H32BrNO2/c1-18(2)21(24)25-17-12-10-8-6-4-3-5-7-9-11-15-20-19(22)14-13-16-23-20/h13-14,16H,1,3-12,15,17H2,2H3. The smallest absolute Gasteiger partial charge is 0.333 e. The van der Waals surface area contributed by atoms with E-state index in [0.29, 0.717) is 12.2 Å². The van der Waals surface area contributed by atoms with E-state index in [4.69, 9.17) is 4.74 Å². The van der Waals surface area contributed by atoms with Crippen molar-refractivity contribution < 1.29 is 9.53 Å². The van der Waals surface area contributed by atoms with E-state index in [9.17, 15) is 4.79 Å². The van der Waals surface area contributed by atoms with Crippen LogP contribution in [0.1, 0.15) is 76.8 Å². The van der Waals surface area contributed by atoms with Crippen molar-refractivity contribution in [2.24, 2.45) is 0 Å². The molecule has 0 N–H and O–H groups in total. The zero-order valence-corrected chi connectivity index (χ0v) is 17.2. The molecule has 1 aromatic rings. The van der Waals surface area contributed by atoms with Crippen molar-refractivity contribution in [3.8, 4) is 0 Å². The highest BCUT2D eigenvalue weighted by atomic mass is 79.9. The Kier molecular flexibility index (Phi) is 12.3. The minimum atomic E-state index is -0.268. The van der Waals surface area contributed by atoms with Gasteiger partial charge in [0, 0.05) is 16.2 Å². The molecule has 3 nitrogen and oxygen atoms in total. The molecular formula is C21H32BrNO2. The summed E-state index contributed by atoms with van der Waals surface area (Å²) in [5.74, 6) is -0.268. The van der Waals surface area contributed by atoms with Gasteiger partial charge in [-0.2, -0.15) is 0 Å². The predicted molar refractivity (Wildman–Crippen MR) is 108 cm³/mol. The molecule has 1 aromatic heterocycles. The number of ether oxygens (including phenoxy) is 1. The zero-order chi connectivity index (χ0) is 18.3. The Balaban J connectivity index is 1.82. The lowest BCUT2D eigenvalue weighted by Crippen LogP contribution is -2.05. The lowest BCUT2D eigenvalue weighted by Gasteiger charge is -2.05. The van der Waals surface area contributed by atoms with Gasteiger partial charge in [-0.15, -0.1) is 0 Å². The van der Waals surface area contributed by atoms with Crippen molar-refractivity contribution in [2.75, 3.05) is 6.61 Å². The number of pyridine rings is 1. The van der Waals surface area contributed by atoms with E-state index in [1.807, 2.05) is 12.3 Å². The molecule has 0 aliphatic carbocycles. The van der Waals surface area contributed by atoms with Crippen LogP contribution in [0.2, 0.25) is 0 Å². The SMILES string of the molecule is C=C(C)C(=O)OCCCCCCCCCCCCc1ncccc1Br. The third-order valence-electron chi connectivity index (χ3n) is 4.22. The van der Waals surface area contributed by atoms with Crippen LogP contribution < -0.4 is 0 Å². The highest BCUT2D eigenvalue weighted by Gasteiger charge is 2.02. The van der Waals surface area contributed by atoms with Crippen molar-refractivity contribution in [3.05, 3.63) is 40.6 Å². The second-order valence-electron chi connectivity index (χ2n) is 6.63. The van der Waals surface area contributed by atoms with Gasteiger partial charge in [0.05, 0.1) is 12.3 Å². The number of esters is 1. The molecule has 0 spiro atoms. The molecule has 0 saturated heterocycles. The molecular weight excluding hydrogens is 378 g/mol. The number of nitrogens with zero attached hydrogens (tertiary/aromatic N) is 1. The van der Waals surface area contributed by atoms with Crippen LogP contribution in [0.5, 0.6) is 0 Å². The van der Waals surface area contributed by atoms with Crippen LogP contribution in [-0.4, -0.2) is 17.6 Å². The van der Waals surface area contributed by atoms with Gasteiger partial charge in [0.15, 0.2) is 0 Å². The Labute approximate surface area is 161 Å². The average Bonchev–Trinajstić information content (AvgIpc) is 2.60. The maximum atomic E-state index is 11.2. The Morgan fingerprint density at radius 1 is 1.04 bits per heavy atom. The molecule has 140 valence electrons. The predicted octanol–water partition coefficient (Wildman–Crippen LogP) is 6.41. The third kappa shape index (κ3) is 11.1. The molecule has 0 amide bonds. The maximum Gasteiger partial charge on any atom is 0.333 e. The summed E-state index contributed by atoms with van der Waals surface area (Å²) in [5.41, 5.74) is 1.66. The number of hydrogen-bond acceptors (Lipinski definition) is 3. The maximum absolute atomic E-state index is 11.2. The van der Waals surface area contributed by atoms with Crippen LogP contribution in [0.25, 0.3) is 0 Å². The van der Waals surface area contributed by atoms with Gasteiger partial charge in [0.25, 0.3) is 0 Å². The minimum absolute atomic E-state index is 0.268. The van der Waals surface area contributed by atoms with Crippen molar-refractivity contribution in [3.63, 3.8) is 0 Å². The van der Waals surface area contributed by atoms with Gasteiger partial charge in [0.1, 0.15) is 0 Å². The summed E-state index contributed by atoms with van der Waals surface area (Å²) < 4.78 is 6.21. The third-order valence-corrected chi connectivity index (χ3v) is 4.95. The minimum Gasteiger partial charge on any atom is -0.462 e. The highest BCUT2D eigenvalue weighted by molar-refractivity contribution is 9.10. The first kappa shape index (κ1) is 21.9. The van der Waals surface area contributed by atoms with E-state index in [0.717, 1.165) is 23.7 Å². The molecule has 1 rings (SSSR count). The first-order chi connectivity index (χ1) is 12.1. The van der Waals surface area contributed by atoms with Gasteiger partial charge in [-0.3, -0.25) is 4.98 Å². The number of halogens is 1. The summed E-state index contributed by atoms with van der Waals surface area (Å²) in [6.45, 7) is 5.78. The van der Waals surface area contributed by atoms with Crippen molar-refractivity contribution in [2.45, 2.75) is 77.6 Å². The van der Waals surface area contributed by atoms with Crippen molar-refractivity contribution >= 4 is 21.9 Å². The number of rotatable bonds is 14. The summed E-state index contributed by atoms with van der Waals surface area (Å²) in [5, 5.41) is 0. The number of aryl methyl sites for hydroxylation is 1. The van der Waals surface area contributed by atoms with E-state index < -0.39 is 0 Å². The van der Waals surface area contributed by atoms with Gasteiger partial charge in [0.2, 0.25) is 0 Å². The van der Waals surface area contributed by atoms with Crippen LogP contribution in [0.3, 0.4) is 0 Å². The first-order valence-electron chi connectivity index (χ1n) is 9.53. The summed E-state index contributed by atoms with van der Waals surface area (Å²) in [4.78, 5) is 15.6. The molecule has 0 aliphatic rings. The van der Waals surface area contributed by atoms with Crippen molar-refractivity contribution in [1.29, 1.82) is 0 Å². The molecule has 1 heterocycles. The topological polar surface area (TPSA) is 39.2 Å². The van der Waals surface area contributed by atoms with Crippen LogP contribution in [0, 0.1) is 0 Å². The average molecular weight is 410 g/mol. The molecule has 25 heavy (non-hydrogen) atoms. The fourth-order valence-corrected chi connectivity index (χ4v) is 3.15. The monoisotopic (exact) mass is 409 g/mol. The largest absolute Gasteiger partial charge is 0.462 e. The zero-order valence-electron chi connectivity index (χ0n) is 15.6. The number of unbranched alkanes of at least 4 members (excludes halogenated alkanes) is 9. The van der Waals surface area contributed by atoms with E-state index >= 15 is 0 Å². The van der Waals surface area contributed by atoms with Gasteiger partial charge in [-0.05, 0) is 54.2 Å². The quantitative estimate of drug-likeness (QED) is 0.202. The Morgan fingerprint density at radius 2 is 1.60 bits per heavy atom. The molecule has 0 fully saturated rings. The summed E-state index contributed by atoms with van der Waals surface area (Å²) >= 11 is 3.55. The number of hydrogen-bond donors (Lipinski definition) is 0. The molecule has 0 bridgehead atoms. The van der Waals surface area contributed by atoms with Crippen LogP contribution in [0.4, 0.5) is 0 Å². The highest BCUT2D eigenvalue weighted by Crippen LogP contribution is 2.17. The van der Waals surface area contributed by atoms with Gasteiger partial charge < -0.3 is 4.74 Å². The molecule has 0 atom stereocenters. The number of carbonyl (C=O) groups is 1. The van der Waals surface area contributed by atoms with Crippen LogP contribution in [-0.2, 0) is 16.0 Å². The molecule has 0 aliphatic heterocycles. The van der Waals surface area contributed by atoms with E-state index in [1.54, 1.807) is 6.92 Å². The number of aromatic nitrogens is 1. The second kappa shape index (κ2) is 14.1. The summed E-state index contributed by atoms with van der Waals surface area (Å²) in [7, 11) is 0. The lowest BCUT2D eigenvalue weighted by molar-refractivity contribution is -0.139. The molecule has 0 unspecified atom stereocenters. The first-order valence-corrected chi connectivity index (χ1v) is 10.3. The van der Waals surface area contributed by atoms with E-state index in [-0.39, 0.29) is 5.97 Å². The van der Waals surface area contributed by atoms with Crippen LogP contribution >= 0.6 is 15.9 Å². The van der Waals surface area contributed by atoms with Gasteiger partial charge >= 0.3 is 5.97 Å². The lowest BCUT2D eigenvalue weighted by atomic mass is 10.1. The fraction of sp³-hybridized carbons (Fsp3) is 0.619. The Morgan fingerprint density at radius 3 is 2.16 bits per heavy atom. The van der Waals surface area contributed by atoms with E-state index in [1.165, 1.54) is 57.1 Å². The molecule has 0 aromatic carbocycles. The summed E-state index contributed by atoms with van der Waals surface area (Å²) in [6, 6.07) is 4.02. The normalized spacial score (nSPS) is 10.6. The van der Waals surface area contributed by atoms with E-state index in [2.05, 4.69) is 33.6 Å². The molecule has 4 heteroatoms. The second-order valence-corrected chi connectivity index (χ2v) is 7.49. The Bertz CT molecular complexity index is 516. The molecule has 0 radical (unpaired) electrons. The number of carbonyl (C=O) groups excluding carboxylic acids is 1. The van der Waals surface area contributed by atoms with Gasteiger partial charge in [-0.25, -0.2) is 4.79 Å². The summed E-state index contributed by atoms with van der Waals surface area (Å²) in [6.07, 6.45) is 15.4.